The largest absolute Gasteiger partial charge is 0.394 e. The summed E-state index contributed by atoms with van der Waals surface area (Å²) in [5.74, 6) is 1.08. The standard InChI is InChI=1S/C16H25NOS/c1-2-10-17-16(13-18)9-8-15(11-16)19-12-14-6-4-3-5-7-14/h3-7,15,17-18H,2,8-13H2,1H3. The lowest BCUT2D eigenvalue weighted by Gasteiger charge is -2.28. The second kappa shape index (κ2) is 7.32. The number of nitrogens with one attached hydrogen (secondary N) is 1. The average Bonchev–Trinajstić information content (AvgIpc) is 2.88. The van der Waals surface area contributed by atoms with Crippen molar-refractivity contribution in [2.45, 2.75) is 49.1 Å². The van der Waals surface area contributed by atoms with Gasteiger partial charge in [0.2, 0.25) is 0 Å². The van der Waals surface area contributed by atoms with Crippen molar-refractivity contribution in [1.82, 2.24) is 5.32 Å². The first-order valence-electron chi connectivity index (χ1n) is 7.29. The second-order valence-corrected chi connectivity index (χ2v) is 6.82. The Morgan fingerprint density at radius 2 is 2.16 bits per heavy atom. The zero-order valence-electron chi connectivity index (χ0n) is 11.8. The highest BCUT2D eigenvalue weighted by molar-refractivity contribution is 7.99. The quantitative estimate of drug-likeness (QED) is 0.804. The fourth-order valence-corrected chi connectivity index (χ4v) is 4.10. The maximum atomic E-state index is 9.67. The van der Waals surface area contributed by atoms with Crippen LogP contribution in [0.5, 0.6) is 0 Å². The molecule has 2 N–H and O–H groups in total. The van der Waals surface area contributed by atoms with Crippen LogP contribution in [0.15, 0.2) is 30.3 Å². The lowest BCUT2D eigenvalue weighted by molar-refractivity contribution is 0.165. The van der Waals surface area contributed by atoms with Gasteiger partial charge in [-0.3, -0.25) is 0 Å². The molecule has 0 bridgehead atoms. The van der Waals surface area contributed by atoms with Crippen LogP contribution in [0.4, 0.5) is 0 Å². The molecule has 0 aliphatic heterocycles. The van der Waals surface area contributed by atoms with Gasteiger partial charge in [-0.2, -0.15) is 11.8 Å². The first kappa shape index (κ1) is 14.9. The van der Waals surface area contributed by atoms with Gasteiger partial charge in [-0.25, -0.2) is 0 Å². The van der Waals surface area contributed by atoms with Crippen molar-refractivity contribution in [1.29, 1.82) is 0 Å². The van der Waals surface area contributed by atoms with Crippen LogP contribution in [0, 0.1) is 0 Å². The molecular formula is C16H25NOS. The first-order chi connectivity index (χ1) is 9.28. The predicted molar refractivity (Wildman–Crippen MR) is 83.5 cm³/mol. The third kappa shape index (κ3) is 4.23. The number of hydrogen-bond donors (Lipinski definition) is 2. The molecule has 2 atom stereocenters. The van der Waals surface area contributed by atoms with E-state index in [9.17, 15) is 5.11 Å². The van der Waals surface area contributed by atoms with Crippen molar-refractivity contribution in [3.8, 4) is 0 Å². The summed E-state index contributed by atoms with van der Waals surface area (Å²) >= 11 is 2.04. The molecule has 2 unspecified atom stereocenters. The Balaban J connectivity index is 1.81. The van der Waals surface area contributed by atoms with Gasteiger partial charge in [-0.05, 0) is 37.8 Å². The van der Waals surface area contributed by atoms with E-state index in [-0.39, 0.29) is 12.1 Å². The minimum Gasteiger partial charge on any atom is -0.394 e. The Kier molecular flexibility index (Phi) is 5.74. The summed E-state index contributed by atoms with van der Waals surface area (Å²) in [5, 5.41) is 13.9. The normalized spacial score (nSPS) is 26.7. The average molecular weight is 279 g/mol. The topological polar surface area (TPSA) is 32.3 Å². The summed E-state index contributed by atoms with van der Waals surface area (Å²) in [6.45, 7) is 3.46. The number of benzene rings is 1. The molecule has 1 aliphatic carbocycles. The van der Waals surface area contributed by atoms with Gasteiger partial charge in [-0.1, -0.05) is 37.3 Å². The van der Waals surface area contributed by atoms with E-state index in [0.717, 1.165) is 31.6 Å². The van der Waals surface area contributed by atoms with E-state index < -0.39 is 0 Å². The number of aliphatic hydroxyl groups is 1. The predicted octanol–water partition coefficient (Wildman–Crippen LogP) is 3.20. The fraction of sp³-hybridized carbons (Fsp3) is 0.625. The van der Waals surface area contributed by atoms with Crippen molar-refractivity contribution in [2.24, 2.45) is 0 Å². The van der Waals surface area contributed by atoms with Gasteiger partial charge in [0.25, 0.3) is 0 Å². The molecule has 1 fully saturated rings. The molecule has 1 aromatic rings. The summed E-state index contributed by atoms with van der Waals surface area (Å²) < 4.78 is 0. The van der Waals surface area contributed by atoms with Crippen molar-refractivity contribution < 1.29 is 5.11 Å². The Hall–Kier alpha value is -0.510. The van der Waals surface area contributed by atoms with E-state index in [1.165, 1.54) is 12.0 Å². The number of hydrogen-bond acceptors (Lipinski definition) is 3. The minimum atomic E-state index is -0.00956. The zero-order chi connectivity index (χ0) is 13.6. The lowest BCUT2D eigenvalue weighted by Crippen LogP contribution is -2.46. The van der Waals surface area contributed by atoms with Gasteiger partial charge in [0, 0.05) is 16.5 Å². The Morgan fingerprint density at radius 1 is 1.37 bits per heavy atom. The van der Waals surface area contributed by atoms with Crippen LogP contribution in [-0.4, -0.2) is 29.0 Å². The molecule has 1 aromatic carbocycles. The molecule has 1 saturated carbocycles. The Morgan fingerprint density at radius 3 is 2.84 bits per heavy atom. The highest BCUT2D eigenvalue weighted by atomic mass is 32.2. The van der Waals surface area contributed by atoms with Crippen molar-refractivity contribution >= 4 is 11.8 Å². The number of rotatable bonds is 7. The molecule has 2 rings (SSSR count). The van der Waals surface area contributed by atoms with E-state index in [1.807, 2.05) is 11.8 Å². The Bertz CT molecular complexity index is 370. The van der Waals surface area contributed by atoms with Crippen molar-refractivity contribution in [3.05, 3.63) is 35.9 Å². The maximum Gasteiger partial charge on any atom is 0.0613 e. The number of aliphatic hydroxyl groups excluding tert-OH is 1. The summed E-state index contributed by atoms with van der Waals surface area (Å²) in [6.07, 6.45) is 4.55. The molecule has 0 amide bonds. The summed E-state index contributed by atoms with van der Waals surface area (Å²) in [6, 6.07) is 10.7. The number of thioether (sulfide) groups is 1. The van der Waals surface area contributed by atoms with Crippen molar-refractivity contribution in [2.75, 3.05) is 13.2 Å². The van der Waals surface area contributed by atoms with Crippen LogP contribution in [-0.2, 0) is 5.75 Å². The molecule has 0 aromatic heterocycles. The van der Waals surface area contributed by atoms with E-state index in [0.29, 0.717) is 5.25 Å². The lowest BCUT2D eigenvalue weighted by atomic mass is 9.99. The van der Waals surface area contributed by atoms with Gasteiger partial charge >= 0.3 is 0 Å². The molecule has 3 heteroatoms. The van der Waals surface area contributed by atoms with Crippen LogP contribution in [0.3, 0.4) is 0 Å². The molecule has 0 spiro atoms. The Labute approximate surface area is 121 Å². The van der Waals surface area contributed by atoms with Gasteiger partial charge in [0.15, 0.2) is 0 Å². The SMILES string of the molecule is CCCNC1(CO)CCC(SCc2ccccc2)C1. The molecular weight excluding hydrogens is 254 g/mol. The molecule has 0 radical (unpaired) electrons. The third-order valence-electron chi connectivity index (χ3n) is 3.94. The fourth-order valence-electron chi connectivity index (χ4n) is 2.76. The van der Waals surface area contributed by atoms with Crippen LogP contribution in [0.2, 0.25) is 0 Å². The molecule has 0 heterocycles. The summed E-state index contributed by atoms with van der Waals surface area (Å²) in [7, 11) is 0. The van der Waals surface area contributed by atoms with Gasteiger partial charge in [0.05, 0.1) is 6.61 Å². The summed E-state index contributed by atoms with van der Waals surface area (Å²) in [5.41, 5.74) is 1.39. The van der Waals surface area contributed by atoms with Gasteiger partial charge in [0.1, 0.15) is 0 Å². The second-order valence-electron chi connectivity index (χ2n) is 5.53. The zero-order valence-corrected chi connectivity index (χ0v) is 12.6. The first-order valence-corrected chi connectivity index (χ1v) is 8.34. The molecule has 0 saturated heterocycles. The van der Waals surface area contributed by atoms with E-state index in [2.05, 4.69) is 42.6 Å². The van der Waals surface area contributed by atoms with Gasteiger partial charge < -0.3 is 10.4 Å². The van der Waals surface area contributed by atoms with E-state index >= 15 is 0 Å². The van der Waals surface area contributed by atoms with Crippen LogP contribution < -0.4 is 5.32 Å². The maximum absolute atomic E-state index is 9.67. The molecule has 106 valence electrons. The smallest absolute Gasteiger partial charge is 0.0613 e. The third-order valence-corrected chi connectivity index (χ3v) is 5.32. The van der Waals surface area contributed by atoms with E-state index in [4.69, 9.17) is 0 Å². The van der Waals surface area contributed by atoms with Crippen LogP contribution in [0.1, 0.15) is 38.2 Å². The van der Waals surface area contributed by atoms with E-state index in [1.54, 1.807) is 0 Å². The monoisotopic (exact) mass is 279 g/mol. The summed E-state index contributed by atoms with van der Waals surface area (Å²) in [4.78, 5) is 0. The molecule has 19 heavy (non-hydrogen) atoms. The molecule has 1 aliphatic rings. The van der Waals surface area contributed by atoms with Crippen LogP contribution >= 0.6 is 11.8 Å². The highest BCUT2D eigenvalue weighted by Crippen LogP contribution is 2.38. The van der Waals surface area contributed by atoms with Crippen molar-refractivity contribution in [3.63, 3.8) is 0 Å². The van der Waals surface area contributed by atoms with Gasteiger partial charge in [-0.15, -0.1) is 0 Å². The van der Waals surface area contributed by atoms with Crippen LogP contribution in [0.25, 0.3) is 0 Å². The molecule has 2 nitrogen and oxygen atoms in total. The minimum absolute atomic E-state index is 0.00956. The highest BCUT2D eigenvalue weighted by Gasteiger charge is 2.38.